The Labute approximate surface area is 117 Å². The normalized spacial score (nSPS) is 24.4. The lowest BCUT2D eigenvalue weighted by Gasteiger charge is -2.10. The quantitative estimate of drug-likeness (QED) is 0.553. The van der Waals surface area contributed by atoms with Crippen LogP contribution in [0, 0.1) is 0 Å². The van der Waals surface area contributed by atoms with Gasteiger partial charge in [0.2, 0.25) is 0 Å². The van der Waals surface area contributed by atoms with Gasteiger partial charge in [0.1, 0.15) is 0 Å². The molecule has 1 aliphatic heterocycles. The van der Waals surface area contributed by atoms with Gasteiger partial charge in [-0.15, -0.1) is 0 Å². The highest BCUT2D eigenvalue weighted by Crippen LogP contribution is 2.23. The number of rotatable bonds is 1. The van der Waals surface area contributed by atoms with Crippen molar-refractivity contribution in [2.45, 2.75) is 77.0 Å². The second-order valence-corrected chi connectivity index (χ2v) is 6.42. The minimum Gasteiger partial charge on any atom is -0.221 e. The highest BCUT2D eigenvalue weighted by molar-refractivity contribution is 7.98. The second-order valence-electron chi connectivity index (χ2n) is 5.57. The molecule has 2 heteroatoms. The van der Waals surface area contributed by atoms with Crippen LogP contribution >= 0.6 is 11.9 Å². The van der Waals surface area contributed by atoms with Crippen LogP contribution in [-0.4, -0.2) is 11.5 Å². The largest absolute Gasteiger partial charge is 0.221 e. The van der Waals surface area contributed by atoms with Crippen molar-refractivity contribution in [2.75, 3.05) is 5.75 Å². The maximum absolute atomic E-state index is 4.83. The van der Waals surface area contributed by atoms with Gasteiger partial charge in [0.15, 0.2) is 0 Å². The van der Waals surface area contributed by atoms with E-state index in [2.05, 4.69) is 6.08 Å². The molecule has 18 heavy (non-hydrogen) atoms. The van der Waals surface area contributed by atoms with E-state index in [0.717, 1.165) is 0 Å². The SMILES string of the molecule is C1=C(C2=NSCCCCCC2)CCCCCCC1. The van der Waals surface area contributed by atoms with Gasteiger partial charge in [0.05, 0.1) is 5.71 Å². The van der Waals surface area contributed by atoms with Crippen molar-refractivity contribution >= 4 is 17.7 Å². The maximum Gasteiger partial charge on any atom is 0.0515 e. The van der Waals surface area contributed by atoms with E-state index in [1.54, 1.807) is 5.57 Å². The maximum atomic E-state index is 4.83. The second kappa shape index (κ2) is 8.79. The summed E-state index contributed by atoms with van der Waals surface area (Å²) in [4.78, 5) is 0. The van der Waals surface area contributed by atoms with Crippen LogP contribution in [0.4, 0.5) is 0 Å². The molecule has 0 atom stereocenters. The van der Waals surface area contributed by atoms with E-state index < -0.39 is 0 Å². The predicted molar refractivity (Wildman–Crippen MR) is 83.4 cm³/mol. The van der Waals surface area contributed by atoms with Gasteiger partial charge in [-0.25, -0.2) is 4.40 Å². The summed E-state index contributed by atoms with van der Waals surface area (Å²) in [6.07, 6.45) is 18.8. The molecule has 0 saturated carbocycles. The fourth-order valence-corrected chi connectivity index (χ4v) is 3.62. The molecule has 0 bridgehead atoms. The molecule has 2 aliphatic rings. The van der Waals surface area contributed by atoms with E-state index in [1.807, 2.05) is 11.9 Å². The van der Waals surface area contributed by atoms with Crippen molar-refractivity contribution < 1.29 is 0 Å². The molecule has 0 spiro atoms. The third-order valence-electron chi connectivity index (χ3n) is 3.99. The van der Waals surface area contributed by atoms with Crippen molar-refractivity contribution in [3.05, 3.63) is 11.6 Å². The van der Waals surface area contributed by atoms with Crippen LogP contribution in [0.2, 0.25) is 0 Å². The van der Waals surface area contributed by atoms with Crippen molar-refractivity contribution in [2.24, 2.45) is 4.40 Å². The molecule has 0 radical (unpaired) electrons. The Morgan fingerprint density at radius 3 is 2.44 bits per heavy atom. The fourth-order valence-electron chi connectivity index (χ4n) is 2.83. The summed E-state index contributed by atoms with van der Waals surface area (Å²) in [6.45, 7) is 0. The molecule has 1 aliphatic carbocycles. The molecular weight excluding hydrogens is 238 g/mol. The van der Waals surface area contributed by atoms with Gasteiger partial charge in [0.25, 0.3) is 0 Å². The van der Waals surface area contributed by atoms with Crippen LogP contribution in [-0.2, 0) is 0 Å². The summed E-state index contributed by atoms with van der Waals surface area (Å²) in [7, 11) is 0. The van der Waals surface area contributed by atoms with Crippen LogP contribution < -0.4 is 0 Å². The topological polar surface area (TPSA) is 12.4 Å². The van der Waals surface area contributed by atoms with E-state index in [-0.39, 0.29) is 0 Å². The van der Waals surface area contributed by atoms with E-state index in [1.165, 1.54) is 88.5 Å². The average Bonchev–Trinajstić information content (AvgIpc) is 2.61. The smallest absolute Gasteiger partial charge is 0.0515 e. The zero-order chi connectivity index (χ0) is 12.5. The lowest BCUT2D eigenvalue weighted by atomic mass is 9.98. The minimum atomic E-state index is 1.22. The average molecular weight is 265 g/mol. The van der Waals surface area contributed by atoms with Crippen molar-refractivity contribution in [1.29, 1.82) is 0 Å². The van der Waals surface area contributed by atoms with Gasteiger partial charge in [-0.2, -0.15) is 0 Å². The lowest BCUT2D eigenvalue weighted by Crippen LogP contribution is -2.03. The van der Waals surface area contributed by atoms with Gasteiger partial charge in [0, 0.05) is 5.75 Å². The third kappa shape index (κ3) is 5.17. The Bertz CT molecular complexity index is 263. The molecule has 0 fully saturated rings. The molecule has 0 aromatic carbocycles. The number of nitrogens with zero attached hydrogens (tertiary/aromatic N) is 1. The summed E-state index contributed by atoms with van der Waals surface area (Å²) in [5.41, 5.74) is 3.02. The first-order chi connectivity index (χ1) is 8.97. The van der Waals surface area contributed by atoms with Crippen LogP contribution in [0.5, 0.6) is 0 Å². The van der Waals surface area contributed by atoms with Crippen LogP contribution in [0.1, 0.15) is 77.0 Å². The summed E-state index contributed by atoms with van der Waals surface area (Å²) >= 11 is 1.81. The highest BCUT2D eigenvalue weighted by Gasteiger charge is 2.10. The molecule has 0 amide bonds. The van der Waals surface area contributed by atoms with Gasteiger partial charge in [-0.1, -0.05) is 38.2 Å². The molecule has 0 aromatic heterocycles. The van der Waals surface area contributed by atoms with Gasteiger partial charge in [-0.3, -0.25) is 0 Å². The van der Waals surface area contributed by atoms with Gasteiger partial charge < -0.3 is 0 Å². The standard InChI is InChI=1S/C16H27NS/c1-2-4-8-12-15(11-7-3-1)16-13-9-5-6-10-14-18-17-16/h11H,1-10,12-14H2. The van der Waals surface area contributed by atoms with Crippen molar-refractivity contribution in [3.63, 3.8) is 0 Å². The summed E-state index contributed by atoms with van der Waals surface area (Å²) < 4.78 is 4.83. The number of allylic oxidation sites excluding steroid dienone is 2. The summed E-state index contributed by atoms with van der Waals surface area (Å²) in [5, 5.41) is 0. The van der Waals surface area contributed by atoms with Gasteiger partial charge in [-0.05, 0) is 62.5 Å². The first-order valence-electron chi connectivity index (χ1n) is 7.85. The lowest BCUT2D eigenvalue weighted by molar-refractivity contribution is 0.630. The van der Waals surface area contributed by atoms with Crippen LogP contribution in [0.3, 0.4) is 0 Å². The molecular formula is C16H27NS. The summed E-state index contributed by atoms with van der Waals surface area (Å²) in [5.74, 6) is 1.22. The predicted octanol–water partition coefficient (Wildman–Crippen LogP) is 5.71. The van der Waals surface area contributed by atoms with E-state index >= 15 is 0 Å². The van der Waals surface area contributed by atoms with Crippen molar-refractivity contribution in [1.82, 2.24) is 0 Å². The fraction of sp³-hybridized carbons (Fsp3) is 0.812. The van der Waals surface area contributed by atoms with Crippen LogP contribution in [0.25, 0.3) is 0 Å². The molecule has 102 valence electrons. The highest BCUT2D eigenvalue weighted by atomic mass is 32.2. The van der Waals surface area contributed by atoms with Gasteiger partial charge >= 0.3 is 0 Å². The Kier molecular flexibility index (Phi) is 6.92. The molecule has 0 aromatic rings. The zero-order valence-corrected chi connectivity index (χ0v) is 12.4. The first kappa shape index (κ1) is 14.2. The van der Waals surface area contributed by atoms with Crippen molar-refractivity contribution in [3.8, 4) is 0 Å². The van der Waals surface area contributed by atoms with E-state index in [4.69, 9.17) is 4.40 Å². The molecule has 0 saturated heterocycles. The third-order valence-corrected chi connectivity index (χ3v) is 4.81. The monoisotopic (exact) mass is 265 g/mol. The molecule has 1 heterocycles. The number of hydrogen-bond acceptors (Lipinski definition) is 2. The summed E-state index contributed by atoms with van der Waals surface area (Å²) in [6, 6.07) is 0. The molecule has 2 rings (SSSR count). The van der Waals surface area contributed by atoms with E-state index in [0.29, 0.717) is 0 Å². The Hall–Kier alpha value is -0.240. The Morgan fingerprint density at radius 1 is 0.778 bits per heavy atom. The Balaban J connectivity index is 1.99. The van der Waals surface area contributed by atoms with E-state index in [9.17, 15) is 0 Å². The minimum absolute atomic E-state index is 1.22. The zero-order valence-electron chi connectivity index (χ0n) is 11.6. The molecule has 0 N–H and O–H groups in total. The first-order valence-corrected chi connectivity index (χ1v) is 8.79. The molecule has 1 nitrogen and oxygen atoms in total. The van der Waals surface area contributed by atoms with Crippen LogP contribution in [0.15, 0.2) is 16.0 Å². The Morgan fingerprint density at radius 2 is 1.50 bits per heavy atom. The molecule has 0 unspecified atom stereocenters. The number of hydrogen-bond donors (Lipinski definition) is 0.